The van der Waals surface area contributed by atoms with E-state index in [0.29, 0.717) is 19.4 Å². The van der Waals surface area contributed by atoms with Gasteiger partial charge >= 0.3 is 0 Å². The second kappa shape index (κ2) is 8.50. The standard InChI is InChI=1S/C14H21NO4/c1-17-12-7-4-11(5-8-12)6-9-13(16)15-10-14(18-2)19-3/h4-5,7-8,14H,6,9-10H2,1-3H3,(H,15,16). The van der Waals surface area contributed by atoms with Crippen LogP contribution in [0.15, 0.2) is 24.3 Å². The van der Waals surface area contributed by atoms with E-state index in [0.717, 1.165) is 11.3 Å². The molecular formula is C14H21NO4. The summed E-state index contributed by atoms with van der Waals surface area (Å²) < 4.78 is 15.1. The molecule has 0 saturated heterocycles. The minimum atomic E-state index is -0.398. The maximum Gasteiger partial charge on any atom is 0.220 e. The first kappa shape index (κ1) is 15.5. The minimum Gasteiger partial charge on any atom is -0.497 e. The van der Waals surface area contributed by atoms with Gasteiger partial charge in [0.15, 0.2) is 6.29 Å². The Morgan fingerprint density at radius 1 is 1.16 bits per heavy atom. The number of carbonyl (C=O) groups is 1. The molecule has 1 rings (SSSR count). The summed E-state index contributed by atoms with van der Waals surface area (Å²) in [5.41, 5.74) is 1.10. The molecule has 0 saturated carbocycles. The maximum absolute atomic E-state index is 11.6. The van der Waals surface area contributed by atoms with E-state index in [4.69, 9.17) is 14.2 Å². The number of amides is 1. The van der Waals surface area contributed by atoms with Gasteiger partial charge in [-0.1, -0.05) is 12.1 Å². The Bertz CT molecular complexity index is 374. The monoisotopic (exact) mass is 267 g/mol. The van der Waals surface area contributed by atoms with Crippen molar-refractivity contribution in [1.29, 1.82) is 0 Å². The third-order valence-corrected chi connectivity index (χ3v) is 2.79. The molecule has 106 valence electrons. The maximum atomic E-state index is 11.6. The summed E-state index contributed by atoms with van der Waals surface area (Å²) in [4.78, 5) is 11.6. The Balaban J connectivity index is 2.29. The van der Waals surface area contributed by atoms with Crippen molar-refractivity contribution in [2.75, 3.05) is 27.9 Å². The van der Waals surface area contributed by atoms with E-state index < -0.39 is 6.29 Å². The van der Waals surface area contributed by atoms with Gasteiger partial charge in [0.25, 0.3) is 0 Å². The van der Waals surface area contributed by atoms with Gasteiger partial charge < -0.3 is 19.5 Å². The molecule has 19 heavy (non-hydrogen) atoms. The predicted octanol–water partition coefficient (Wildman–Crippen LogP) is 1.36. The quantitative estimate of drug-likeness (QED) is 0.723. The zero-order valence-corrected chi connectivity index (χ0v) is 11.6. The molecule has 1 amide bonds. The smallest absolute Gasteiger partial charge is 0.220 e. The molecule has 0 heterocycles. The highest BCUT2D eigenvalue weighted by Gasteiger charge is 2.07. The van der Waals surface area contributed by atoms with Crippen molar-refractivity contribution < 1.29 is 19.0 Å². The third-order valence-electron chi connectivity index (χ3n) is 2.79. The van der Waals surface area contributed by atoms with E-state index in [2.05, 4.69) is 5.32 Å². The van der Waals surface area contributed by atoms with Crippen molar-refractivity contribution in [1.82, 2.24) is 5.32 Å². The average Bonchev–Trinajstić information content (AvgIpc) is 2.46. The lowest BCUT2D eigenvalue weighted by atomic mass is 10.1. The van der Waals surface area contributed by atoms with Crippen LogP contribution in [0.3, 0.4) is 0 Å². The zero-order chi connectivity index (χ0) is 14.1. The number of ether oxygens (including phenoxy) is 3. The van der Waals surface area contributed by atoms with Gasteiger partial charge in [-0.2, -0.15) is 0 Å². The van der Waals surface area contributed by atoms with Crippen molar-refractivity contribution in [2.45, 2.75) is 19.1 Å². The first-order chi connectivity index (χ1) is 9.19. The molecular weight excluding hydrogens is 246 g/mol. The fourth-order valence-electron chi connectivity index (χ4n) is 1.60. The van der Waals surface area contributed by atoms with Crippen LogP contribution in [0, 0.1) is 0 Å². The van der Waals surface area contributed by atoms with Gasteiger partial charge in [0, 0.05) is 20.6 Å². The normalized spacial score (nSPS) is 10.5. The van der Waals surface area contributed by atoms with Crippen molar-refractivity contribution in [3.05, 3.63) is 29.8 Å². The molecule has 0 aliphatic heterocycles. The molecule has 0 atom stereocenters. The number of hydrogen-bond acceptors (Lipinski definition) is 4. The summed E-state index contributed by atoms with van der Waals surface area (Å²) in [5.74, 6) is 0.797. The molecule has 0 aliphatic rings. The van der Waals surface area contributed by atoms with Crippen LogP contribution in [0.2, 0.25) is 0 Å². The second-order valence-electron chi connectivity index (χ2n) is 4.05. The lowest BCUT2D eigenvalue weighted by Crippen LogP contribution is -2.34. The lowest BCUT2D eigenvalue weighted by Gasteiger charge is -2.13. The number of carbonyl (C=O) groups excluding carboxylic acids is 1. The van der Waals surface area contributed by atoms with Gasteiger partial charge in [0.2, 0.25) is 5.91 Å². The zero-order valence-electron chi connectivity index (χ0n) is 11.6. The van der Waals surface area contributed by atoms with E-state index in [1.807, 2.05) is 24.3 Å². The van der Waals surface area contributed by atoms with E-state index in [9.17, 15) is 4.79 Å². The van der Waals surface area contributed by atoms with Crippen LogP contribution in [-0.2, 0) is 20.7 Å². The summed E-state index contributed by atoms with van der Waals surface area (Å²) >= 11 is 0. The van der Waals surface area contributed by atoms with Crippen LogP contribution < -0.4 is 10.1 Å². The van der Waals surface area contributed by atoms with Gasteiger partial charge in [-0.25, -0.2) is 0 Å². The molecule has 1 N–H and O–H groups in total. The van der Waals surface area contributed by atoms with Gasteiger partial charge in [-0.05, 0) is 24.1 Å². The van der Waals surface area contributed by atoms with Crippen LogP contribution in [0.5, 0.6) is 5.75 Å². The van der Waals surface area contributed by atoms with Crippen LogP contribution in [0.4, 0.5) is 0 Å². The fourth-order valence-corrected chi connectivity index (χ4v) is 1.60. The molecule has 0 spiro atoms. The largest absolute Gasteiger partial charge is 0.497 e. The van der Waals surface area contributed by atoms with E-state index >= 15 is 0 Å². The average molecular weight is 267 g/mol. The molecule has 0 bridgehead atoms. The van der Waals surface area contributed by atoms with E-state index in [1.54, 1.807) is 7.11 Å². The summed E-state index contributed by atoms with van der Waals surface area (Å²) in [7, 11) is 4.71. The van der Waals surface area contributed by atoms with Crippen molar-refractivity contribution in [3.8, 4) is 5.75 Å². The molecule has 0 fully saturated rings. The first-order valence-corrected chi connectivity index (χ1v) is 6.14. The Labute approximate surface area is 113 Å². The summed E-state index contributed by atoms with van der Waals surface area (Å²) in [6, 6.07) is 7.69. The summed E-state index contributed by atoms with van der Waals surface area (Å²) in [6.45, 7) is 0.356. The molecule has 0 radical (unpaired) electrons. The highest BCUT2D eigenvalue weighted by molar-refractivity contribution is 5.76. The molecule has 5 heteroatoms. The minimum absolute atomic E-state index is 0.0186. The van der Waals surface area contributed by atoms with Crippen LogP contribution >= 0.6 is 0 Å². The number of aryl methyl sites for hydroxylation is 1. The SMILES string of the molecule is COc1ccc(CCC(=O)NCC(OC)OC)cc1. The lowest BCUT2D eigenvalue weighted by molar-refractivity contribution is -0.127. The summed E-state index contributed by atoms with van der Waals surface area (Å²) in [5, 5.41) is 2.76. The van der Waals surface area contributed by atoms with E-state index in [-0.39, 0.29) is 5.91 Å². The molecule has 0 unspecified atom stereocenters. The van der Waals surface area contributed by atoms with E-state index in [1.165, 1.54) is 14.2 Å². The molecule has 1 aromatic carbocycles. The summed E-state index contributed by atoms with van der Waals surface area (Å²) in [6.07, 6.45) is 0.734. The Kier molecular flexibility index (Phi) is 6.92. The third kappa shape index (κ3) is 5.72. The van der Waals surface area contributed by atoms with Gasteiger partial charge in [-0.15, -0.1) is 0 Å². The van der Waals surface area contributed by atoms with Gasteiger partial charge in [-0.3, -0.25) is 4.79 Å². The Hall–Kier alpha value is -1.59. The fraction of sp³-hybridized carbons (Fsp3) is 0.500. The van der Waals surface area contributed by atoms with Crippen LogP contribution in [-0.4, -0.2) is 40.1 Å². The number of nitrogens with one attached hydrogen (secondary N) is 1. The highest BCUT2D eigenvalue weighted by Crippen LogP contribution is 2.12. The second-order valence-corrected chi connectivity index (χ2v) is 4.05. The van der Waals surface area contributed by atoms with Crippen LogP contribution in [0.1, 0.15) is 12.0 Å². The highest BCUT2D eigenvalue weighted by atomic mass is 16.7. The molecule has 0 aliphatic carbocycles. The number of benzene rings is 1. The number of rotatable bonds is 8. The molecule has 5 nitrogen and oxygen atoms in total. The topological polar surface area (TPSA) is 56.8 Å². The number of methoxy groups -OCH3 is 3. The van der Waals surface area contributed by atoms with Crippen molar-refractivity contribution in [2.24, 2.45) is 0 Å². The first-order valence-electron chi connectivity index (χ1n) is 6.14. The molecule has 0 aromatic heterocycles. The van der Waals surface area contributed by atoms with Gasteiger partial charge in [0.05, 0.1) is 13.7 Å². The Morgan fingerprint density at radius 3 is 2.32 bits per heavy atom. The molecule has 1 aromatic rings. The van der Waals surface area contributed by atoms with Gasteiger partial charge in [0.1, 0.15) is 5.75 Å². The predicted molar refractivity (Wildman–Crippen MR) is 72.1 cm³/mol. The van der Waals surface area contributed by atoms with Crippen molar-refractivity contribution >= 4 is 5.91 Å². The number of hydrogen-bond donors (Lipinski definition) is 1. The Morgan fingerprint density at radius 2 is 1.79 bits per heavy atom. The van der Waals surface area contributed by atoms with Crippen LogP contribution in [0.25, 0.3) is 0 Å². The van der Waals surface area contributed by atoms with Crippen molar-refractivity contribution in [3.63, 3.8) is 0 Å².